The van der Waals surface area contributed by atoms with Gasteiger partial charge in [0.05, 0.1) is 6.54 Å². The van der Waals surface area contributed by atoms with Crippen LogP contribution in [0.3, 0.4) is 0 Å². The van der Waals surface area contributed by atoms with Crippen molar-refractivity contribution in [3.8, 4) is 5.75 Å². The topological polar surface area (TPSA) is 81.7 Å². The van der Waals surface area contributed by atoms with Gasteiger partial charge in [0, 0.05) is 36.4 Å². The molecule has 3 N–H and O–H groups in total. The van der Waals surface area contributed by atoms with Crippen molar-refractivity contribution in [3.63, 3.8) is 0 Å². The molecule has 2 aromatic rings. The summed E-state index contributed by atoms with van der Waals surface area (Å²) in [6, 6.07) is 12.8. The smallest absolute Gasteiger partial charge is 0.238 e. The van der Waals surface area contributed by atoms with E-state index in [9.17, 15) is 14.7 Å². The van der Waals surface area contributed by atoms with Crippen molar-refractivity contribution in [2.45, 2.75) is 39.2 Å². The number of nitrogens with one attached hydrogen (secondary N) is 2. The first-order chi connectivity index (χ1) is 13.4. The first-order valence-electron chi connectivity index (χ1n) is 9.61. The quantitative estimate of drug-likeness (QED) is 0.654. The number of hydrogen-bond donors (Lipinski definition) is 3. The summed E-state index contributed by atoms with van der Waals surface area (Å²) >= 11 is 0. The van der Waals surface area contributed by atoms with Gasteiger partial charge in [-0.25, -0.2) is 0 Å². The number of benzene rings is 2. The largest absolute Gasteiger partial charge is 0.508 e. The Kier molecular flexibility index (Phi) is 6.31. The fraction of sp³-hybridized carbons (Fsp3) is 0.364. The minimum Gasteiger partial charge on any atom is -0.508 e. The van der Waals surface area contributed by atoms with Crippen LogP contribution in [0.2, 0.25) is 0 Å². The minimum atomic E-state index is -0.133. The normalized spacial score (nSPS) is 13.4. The number of aryl methyl sites for hydroxylation is 2. The molecule has 1 aliphatic rings. The molecule has 0 aliphatic heterocycles. The van der Waals surface area contributed by atoms with Crippen LogP contribution in [0.15, 0.2) is 42.5 Å². The molecule has 6 nitrogen and oxygen atoms in total. The summed E-state index contributed by atoms with van der Waals surface area (Å²) in [5.41, 5.74) is 3.51. The fourth-order valence-electron chi connectivity index (χ4n) is 3.26. The number of nitrogens with zero attached hydrogens (tertiary/aromatic N) is 1. The number of carbonyl (C=O) groups excluding carboxylic acids is 2. The van der Waals surface area contributed by atoms with Gasteiger partial charge in [-0.3, -0.25) is 14.5 Å². The molecule has 1 fully saturated rings. The Morgan fingerprint density at radius 1 is 1.04 bits per heavy atom. The zero-order valence-corrected chi connectivity index (χ0v) is 16.4. The molecule has 148 valence electrons. The Morgan fingerprint density at radius 2 is 1.71 bits per heavy atom. The van der Waals surface area contributed by atoms with E-state index in [1.807, 2.05) is 32.0 Å². The fourth-order valence-corrected chi connectivity index (χ4v) is 3.26. The number of rotatable bonds is 8. The summed E-state index contributed by atoms with van der Waals surface area (Å²) in [5, 5.41) is 15.3. The number of aromatic hydroxyl groups is 1. The van der Waals surface area contributed by atoms with Crippen molar-refractivity contribution >= 4 is 23.2 Å². The summed E-state index contributed by atoms with van der Waals surface area (Å²) in [4.78, 5) is 26.8. The van der Waals surface area contributed by atoms with E-state index in [1.54, 1.807) is 18.2 Å². The van der Waals surface area contributed by atoms with Gasteiger partial charge in [-0.1, -0.05) is 24.3 Å². The monoisotopic (exact) mass is 381 g/mol. The zero-order valence-electron chi connectivity index (χ0n) is 16.4. The maximum atomic E-state index is 12.6. The van der Waals surface area contributed by atoms with Gasteiger partial charge in [0.25, 0.3) is 0 Å². The van der Waals surface area contributed by atoms with E-state index in [0.29, 0.717) is 24.7 Å². The Hall–Kier alpha value is -2.86. The molecule has 28 heavy (non-hydrogen) atoms. The Balaban J connectivity index is 1.52. The average molecular weight is 381 g/mol. The summed E-state index contributed by atoms with van der Waals surface area (Å²) in [6.45, 7) is 4.76. The van der Waals surface area contributed by atoms with E-state index in [0.717, 1.165) is 29.7 Å². The van der Waals surface area contributed by atoms with Crippen LogP contribution < -0.4 is 10.6 Å². The second-order valence-corrected chi connectivity index (χ2v) is 7.37. The Labute approximate surface area is 165 Å². The molecule has 0 bridgehead atoms. The van der Waals surface area contributed by atoms with E-state index in [2.05, 4.69) is 15.5 Å². The van der Waals surface area contributed by atoms with Crippen molar-refractivity contribution in [2.24, 2.45) is 0 Å². The van der Waals surface area contributed by atoms with Crippen molar-refractivity contribution in [1.29, 1.82) is 0 Å². The highest BCUT2D eigenvalue weighted by Gasteiger charge is 2.30. The third-order valence-corrected chi connectivity index (χ3v) is 4.91. The second kappa shape index (κ2) is 8.89. The van der Waals surface area contributed by atoms with E-state index in [4.69, 9.17) is 0 Å². The molecule has 0 aromatic heterocycles. The molecule has 0 spiro atoms. The lowest BCUT2D eigenvalue weighted by molar-refractivity contribution is -0.119. The van der Waals surface area contributed by atoms with Gasteiger partial charge in [-0.2, -0.15) is 0 Å². The van der Waals surface area contributed by atoms with Crippen LogP contribution in [0.25, 0.3) is 0 Å². The van der Waals surface area contributed by atoms with Gasteiger partial charge < -0.3 is 15.7 Å². The van der Waals surface area contributed by atoms with Crippen LogP contribution in [0.1, 0.15) is 30.4 Å². The number of phenols is 1. The Morgan fingerprint density at radius 3 is 2.36 bits per heavy atom. The van der Waals surface area contributed by atoms with Crippen LogP contribution in [0.5, 0.6) is 5.75 Å². The first-order valence-corrected chi connectivity index (χ1v) is 9.61. The van der Waals surface area contributed by atoms with Crippen LogP contribution in [0.4, 0.5) is 11.4 Å². The predicted molar refractivity (Wildman–Crippen MR) is 110 cm³/mol. The first kappa shape index (κ1) is 19.9. The van der Waals surface area contributed by atoms with Crippen molar-refractivity contribution in [2.75, 3.05) is 23.7 Å². The third kappa shape index (κ3) is 5.57. The van der Waals surface area contributed by atoms with Gasteiger partial charge in [0.2, 0.25) is 11.8 Å². The molecular formula is C22H27N3O3. The number of phenolic OH excluding ortho intramolecular Hbond substituents is 1. The molecular weight excluding hydrogens is 354 g/mol. The predicted octanol–water partition coefficient (Wildman–Crippen LogP) is 3.44. The summed E-state index contributed by atoms with van der Waals surface area (Å²) in [7, 11) is 0. The number of anilines is 2. The molecule has 1 saturated carbocycles. The average Bonchev–Trinajstić information content (AvgIpc) is 3.47. The summed E-state index contributed by atoms with van der Waals surface area (Å²) < 4.78 is 0. The van der Waals surface area contributed by atoms with Crippen LogP contribution in [-0.4, -0.2) is 41.0 Å². The zero-order chi connectivity index (χ0) is 20.1. The summed E-state index contributed by atoms with van der Waals surface area (Å²) in [5.74, 6) is -0.0790. The lowest BCUT2D eigenvalue weighted by Crippen LogP contribution is -2.37. The lowest BCUT2D eigenvalue weighted by Gasteiger charge is -2.22. The molecule has 0 radical (unpaired) electrons. The number of para-hydroxylation sites is 1. The molecule has 2 aromatic carbocycles. The lowest BCUT2D eigenvalue weighted by atomic mass is 10.1. The van der Waals surface area contributed by atoms with E-state index < -0.39 is 0 Å². The van der Waals surface area contributed by atoms with Gasteiger partial charge >= 0.3 is 0 Å². The SMILES string of the molecule is Cc1cccc(C)c1NC(=O)CN(CCC(=O)Nc1cccc(O)c1)C1CC1. The molecule has 0 atom stereocenters. The minimum absolute atomic E-state index is 0.0577. The molecule has 6 heteroatoms. The van der Waals surface area contributed by atoms with E-state index in [1.165, 1.54) is 6.07 Å². The van der Waals surface area contributed by atoms with Crippen LogP contribution in [0, 0.1) is 13.8 Å². The van der Waals surface area contributed by atoms with E-state index in [-0.39, 0.29) is 24.1 Å². The summed E-state index contributed by atoms with van der Waals surface area (Å²) in [6.07, 6.45) is 2.42. The van der Waals surface area contributed by atoms with Gasteiger partial charge in [0.15, 0.2) is 0 Å². The maximum absolute atomic E-state index is 12.6. The maximum Gasteiger partial charge on any atom is 0.238 e. The standard InChI is InChI=1S/C22H27N3O3/c1-15-5-3-6-16(2)22(15)24-21(28)14-25(18-9-10-18)12-11-20(27)23-17-7-4-8-19(26)13-17/h3-8,13,18,26H,9-12,14H2,1-2H3,(H,23,27)(H,24,28). The Bertz CT molecular complexity index is 842. The van der Waals surface area contributed by atoms with Crippen LogP contribution in [-0.2, 0) is 9.59 Å². The van der Waals surface area contributed by atoms with Crippen molar-refractivity contribution in [1.82, 2.24) is 4.90 Å². The van der Waals surface area contributed by atoms with Gasteiger partial charge in [-0.05, 0) is 49.9 Å². The highest BCUT2D eigenvalue weighted by atomic mass is 16.3. The molecule has 3 rings (SSSR count). The number of hydrogen-bond acceptors (Lipinski definition) is 4. The van der Waals surface area contributed by atoms with Crippen LogP contribution >= 0.6 is 0 Å². The molecule has 0 unspecified atom stereocenters. The molecule has 1 aliphatic carbocycles. The van der Waals surface area contributed by atoms with E-state index >= 15 is 0 Å². The van der Waals surface area contributed by atoms with Gasteiger partial charge in [0.1, 0.15) is 5.75 Å². The number of amides is 2. The molecule has 2 amide bonds. The second-order valence-electron chi connectivity index (χ2n) is 7.37. The van der Waals surface area contributed by atoms with Gasteiger partial charge in [-0.15, -0.1) is 0 Å². The molecule has 0 saturated heterocycles. The number of carbonyl (C=O) groups is 2. The molecule has 0 heterocycles. The highest BCUT2D eigenvalue weighted by molar-refractivity contribution is 5.94. The van der Waals surface area contributed by atoms with Crippen molar-refractivity contribution in [3.05, 3.63) is 53.6 Å². The third-order valence-electron chi connectivity index (χ3n) is 4.91. The van der Waals surface area contributed by atoms with Crippen molar-refractivity contribution < 1.29 is 14.7 Å². The highest BCUT2D eigenvalue weighted by Crippen LogP contribution is 2.27.